The van der Waals surface area contributed by atoms with Crippen LogP contribution in [0, 0.1) is 0 Å². The second kappa shape index (κ2) is 6.01. The van der Waals surface area contributed by atoms with Crippen molar-refractivity contribution < 1.29 is 9.53 Å². The summed E-state index contributed by atoms with van der Waals surface area (Å²) < 4.78 is 4.85. The van der Waals surface area contributed by atoms with Crippen molar-refractivity contribution in [2.45, 2.75) is 0 Å². The second-order valence-electron chi connectivity index (χ2n) is 4.35. The van der Waals surface area contributed by atoms with E-state index in [0.29, 0.717) is 11.3 Å². The second-order valence-corrected chi connectivity index (χ2v) is 4.35. The molecule has 20 heavy (non-hydrogen) atoms. The lowest BCUT2D eigenvalue weighted by Gasteiger charge is -2.12. The van der Waals surface area contributed by atoms with E-state index in [-0.39, 0.29) is 11.9 Å². The van der Waals surface area contributed by atoms with Crippen LogP contribution in [-0.4, -0.2) is 37.1 Å². The first-order chi connectivity index (χ1) is 9.60. The number of benzene rings is 1. The molecule has 0 unspecified atom stereocenters. The number of methoxy groups -OCH3 is 1. The van der Waals surface area contributed by atoms with Crippen LogP contribution in [0.15, 0.2) is 36.7 Å². The molecular formula is C14H16N4O2. The molecule has 0 aliphatic rings. The topological polar surface area (TPSA) is 67.3 Å². The molecule has 2 rings (SSSR count). The van der Waals surface area contributed by atoms with E-state index in [9.17, 15) is 4.79 Å². The Kier molecular flexibility index (Phi) is 4.14. The van der Waals surface area contributed by atoms with Crippen LogP contribution in [0.2, 0.25) is 0 Å². The van der Waals surface area contributed by atoms with Crippen LogP contribution in [-0.2, 0) is 0 Å². The monoisotopic (exact) mass is 272 g/mol. The number of carbonyl (C=O) groups excluding carboxylic acids is 1. The predicted octanol–water partition coefficient (Wildman–Crippen LogP) is 1.80. The molecule has 1 heterocycles. The van der Waals surface area contributed by atoms with Gasteiger partial charge in [0.25, 0.3) is 5.91 Å². The predicted molar refractivity (Wildman–Crippen MR) is 77.3 cm³/mol. The summed E-state index contributed by atoms with van der Waals surface area (Å²) in [5.74, 6) is -0.205. The Morgan fingerprint density at radius 1 is 1.15 bits per heavy atom. The Morgan fingerprint density at radius 2 is 1.75 bits per heavy atom. The molecule has 0 spiro atoms. The number of nitrogens with one attached hydrogen (secondary N) is 1. The molecule has 0 aliphatic heterocycles. The lowest BCUT2D eigenvalue weighted by atomic mass is 10.2. The molecule has 1 amide bonds. The zero-order valence-electron chi connectivity index (χ0n) is 11.6. The minimum atomic E-state index is -0.205. The van der Waals surface area contributed by atoms with Gasteiger partial charge in [0.15, 0.2) is 0 Å². The molecule has 1 N–H and O–H groups in total. The summed E-state index contributed by atoms with van der Waals surface area (Å²) in [4.78, 5) is 21.9. The fourth-order valence-electron chi connectivity index (χ4n) is 1.60. The van der Waals surface area contributed by atoms with Crippen LogP contribution in [0.1, 0.15) is 10.4 Å². The number of hydrogen-bond donors (Lipinski definition) is 1. The van der Waals surface area contributed by atoms with E-state index in [1.807, 2.05) is 31.1 Å². The van der Waals surface area contributed by atoms with Crippen molar-refractivity contribution in [2.75, 3.05) is 31.4 Å². The molecule has 0 atom stereocenters. The number of anilines is 2. The van der Waals surface area contributed by atoms with Gasteiger partial charge in [0.2, 0.25) is 0 Å². The van der Waals surface area contributed by atoms with E-state index < -0.39 is 0 Å². The highest BCUT2D eigenvalue weighted by Gasteiger charge is 2.07. The fourth-order valence-corrected chi connectivity index (χ4v) is 1.60. The Balaban J connectivity index is 2.07. The summed E-state index contributed by atoms with van der Waals surface area (Å²) in [6.07, 6.45) is 3.00. The number of hydrogen-bond acceptors (Lipinski definition) is 5. The summed E-state index contributed by atoms with van der Waals surface area (Å²) in [7, 11) is 5.38. The Morgan fingerprint density at radius 3 is 2.25 bits per heavy atom. The molecule has 0 aliphatic carbocycles. The molecule has 0 bridgehead atoms. The smallest absolute Gasteiger partial charge is 0.316 e. The minimum absolute atomic E-state index is 0.205. The van der Waals surface area contributed by atoms with Crippen molar-refractivity contribution in [1.29, 1.82) is 0 Å². The number of nitrogens with zero attached hydrogens (tertiary/aromatic N) is 3. The maximum absolute atomic E-state index is 12.0. The minimum Gasteiger partial charge on any atom is -0.467 e. The van der Waals surface area contributed by atoms with Gasteiger partial charge < -0.3 is 15.0 Å². The average molecular weight is 272 g/mol. The van der Waals surface area contributed by atoms with Crippen LogP contribution in [0.25, 0.3) is 0 Å². The molecule has 0 saturated heterocycles. The lowest BCUT2D eigenvalue weighted by molar-refractivity contribution is 0.102. The van der Waals surface area contributed by atoms with Crippen LogP contribution < -0.4 is 15.0 Å². The van der Waals surface area contributed by atoms with E-state index >= 15 is 0 Å². The zero-order valence-corrected chi connectivity index (χ0v) is 11.6. The third-order valence-electron chi connectivity index (χ3n) is 2.71. The van der Waals surface area contributed by atoms with Crippen LogP contribution >= 0.6 is 0 Å². The van der Waals surface area contributed by atoms with E-state index in [4.69, 9.17) is 4.74 Å². The number of aromatic nitrogens is 2. The summed E-state index contributed by atoms with van der Waals surface area (Å²) >= 11 is 0. The molecule has 1 aromatic carbocycles. The molecule has 0 saturated carbocycles. The van der Waals surface area contributed by atoms with Crippen molar-refractivity contribution >= 4 is 17.3 Å². The highest BCUT2D eigenvalue weighted by atomic mass is 16.5. The van der Waals surface area contributed by atoms with Gasteiger partial charge in [-0.05, 0) is 24.3 Å². The molecule has 104 valence electrons. The Hall–Kier alpha value is -2.63. The van der Waals surface area contributed by atoms with Crippen molar-refractivity contribution in [2.24, 2.45) is 0 Å². The SMILES string of the molecule is COc1ncc(NC(=O)c2ccc(N(C)C)cc2)cn1. The Labute approximate surface area is 117 Å². The van der Waals surface area contributed by atoms with Gasteiger partial charge in [-0.25, -0.2) is 9.97 Å². The van der Waals surface area contributed by atoms with E-state index in [2.05, 4.69) is 15.3 Å². The first-order valence-electron chi connectivity index (χ1n) is 6.05. The van der Waals surface area contributed by atoms with Crippen LogP contribution in [0.4, 0.5) is 11.4 Å². The summed E-state index contributed by atoms with van der Waals surface area (Å²) in [6.45, 7) is 0. The number of rotatable bonds is 4. The maximum Gasteiger partial charge on any atom is 0.316 e. The quantitative estimate of drug-likeness (QED) is 0.919. The van der Waals surface area contributed by atoms with Gasteiger partial charge in [-0.15, -0.1) is 0 Å². The number of carbonyl (C=O) groups is 1. The Bertz CT molecular complexity index is 579. The van der Waals surface area contributed by atoms with E-state index in [1.54, 1.807) is 12.1 Å². The van der Waals surface area contributed by atoms with Crippen molar-refractivity contribution in [3.8, 4) is 6.01 Å². The van der Waals surface area contributed by atoms with Gasteiger partial charge in [-0.3, -0.25) is 4.79 Å². The fraction of sp³-hybridized carbons (Fsp3) is 0.214. The number of ether oxygens (including phenoxy) is 1. The molecule has 6 heteroatoms. The van der Waals surface area contributed by atoms with E-state index in [1.165, 1.54) is 19.5 Å². The normalized spacial score (nSPS) is 9.95. The summed E-state index contributed by atoms with van der Waals surface area (Å²) in [5, 5.41) is 2.73. The largest absolute Gasteiger partial charge is 0.467 e. The maximum atomic E-state index is 12.0. The molecule has 6 nitrogen and oxygen atoms in total. The van der Waals surface area contributed by atoms with Crippen molar-refractivity contribution in [3.05, 3.63) is 42.2 Å². The van der Waals surface area contributed by atoms with Crippen molar-refractivity contribution in [1.82, 2.24) is 9.97 Å². The van der Waals surface area contributed by atoms with Gasteiger partial charge in [0.05, 0.1) is 25.2 Å². The first-order valence-corrected chi connectivity index (χ1v) is 6.05. The number of amides is 1. The molecular weight excluding hydrogens is 256 g/mol. The molecule has 2 aromatic rings. The molecule has 0 fully saturated rings. The summed E-state index contributed by atoms with van der Waals surface area (Å²) in [6, 6.07) is 7.58. The van der Waals surface area contributed by atoms with Crippen LogP contribution in [0.5, 0.6) is 6.01 Å². The molecule has 0 radical (unpaired) electrons. The summed E-state index contributed by atoms with van der Waals surface area (Å²) in [5.41, 5.74) is 2.13. The van der Waals surface area contributed by atoms with Crippen molar-refractivity contribution in [3.63, 3.8) is 0 Å². The van der Waals surface area contributed by atoms with E-state index in [0.717, 1.165) is 5.69 Å². The molecule has 1 aromatic heterocycles. The van der Waals surface area contributed by atoms with Gasteiger partial charge >= 0.3 is 6.01 Å². The standard InChI is InChI=1S/C14H16N4O2/c1-18(2)12-6-4-10(5-7-12)13(19)17-11-8-15-14(20-3)16-9-11/h4-9H,1-3H3,(H,17,19). The third kappa shape index (κ3) is 3.23. The van der Waals surface area contributed by atoms with Gasteiger partial charge in [0, 0.05) is 25.3 Å². The third-order valence-corrected chi connectivity index (χ3v) is 2.71. The lowest BCUT2D eigenvalue weighted by Crippen LogP contribution is -2.13. The zero-order chi connectivity index (χ0) is 14.5. The van der Waals surface area contributed by atoms with Gasteiger partial charge in [-0.1, -0.05) is 0 Å². The highest BCUT2D eigenvalue weighted by molar-refractivity contribution is 6.04. The average Bonchev–Trinajstić information content (AvgIpc) is 2.48. The van der Waals surface area contributed by atoms with Gasteiger partial charge in [-0.2, -0.15) is 0 Å². The van der Waals surface area contributed by atoms with Crippen LogP contribution in [0.3, 0.4) is 0 Å². The van der Waals surface area contributed by atoms with Gasteiger partial charge in [0.1, 0.15) is 0 Å². The highest BCUT2D eigenvalue weighted by Crippen LogP contribution is 2.14. The first kappa shape index (κ1) is 13.8.